The second-order valence-corrected chi connectivity index (χ2v) is 6.54. The molecule has 21 heavy (non-hydrogen) atoms. The molecule has 0 bridgehead atoms. The highest BCUT2D eigenvalue weighted by atomic mass is 35.5. The van der Waals surface area contributed by atoms with Crippen LogP contribution in [0.15, 0.2) is 24.3 Å². The van der Waals surface area contributed by atoms with E-state index in [9.17, 15) is 4.79 Å². The summed E-state index contributed by atoms with van der Waals surface area (Å²) in [6, 6.07) is 7.80. The number of carbonyl (C=O) groups excluding carboxylic acids is 1. The number of carbonyl (C=O) groups is 1. The Balaban J connectivity index is 2.17. The van der Waals surface area contributed by atoms with Gasteiger partial charge in [-0.05, 0) is 44.0 Å². The highest BCUT2D eigenvalue weighted by Crippen LogP contribution is 2.35. The van der Waals surface area contributed by atoms with Gasteiger partial charge < -0.3 is 10.2 Å². The van der Waals surface area contributed by atoms with Crippen molar-refractivity contribution < 1.29 is 4.79 Å². The van der Waals surface area contributed by atoms with E-state index in [2.05, 4.69) is 19.2 Å². The van der Waals surface area contributed by atoms with Crippen LogP contribution in [0.5, 0.6) is 0 Å². The number of nitrogens with zero attached hydrogens (tertiary/aromatic N) is 1. The minimum atomic E-state index is -0.226. The molecule has 2 atom stereocenters. The van der Waals surface area contributed by atoms with E-state index in [1.807, 2.05) is 36.2 Å². The third-order valence-electron chi connectivity index (χ3n) is 4.66. The van der Waals surface area contributed by atoms with Crippen LogP contribution in [0.3, 0.4) is 0 Å². The Labute approximate surface area is 132 Å². The van der Waals surface area contributed by atoms with Crippen molar-refractivity contribution in [2.24, 2.45) is 5.41 Å². The van der Waals surface area contributed by atoms with E-state index < -0.39 is 0 Å². The smallest absolute Gasteiger partial charge is 0.230 e. The van der Waals surface area contributed by atoms with E-state index in [0.717, 1.165) is 37.9 Å². The first-order chi connectivity index (χ1) is 10.00. The Hall–Kier alpha value is -1.06. The molecule has 0 radical (unpaired) electrons. The maximum atomic E-state index is 13.0. The van der Waals surface area contributed by atoms with Crippen molar-refractivity contribution in [2.45, 2.75) is 39.2 Å². The van der Waals surface area contributed by atoms with E-state index in [0.29, 0.717) is 5.02 Å². The van der Waals surface area contributed by atoms with E-state index in [1.165, 1.54) is 0 Å². The third-order valence-corrected chi connectivity index (χ3v) is 4.89. The molecule has 1 aliphatic rings. The molecule has 1 N–H and O–H groups in total. The van der Waals surface area contributed by atoms with E-state index in [1.54, 1.807) is 0 Å². The predicted molar refractivity (Wildman–Crippen MR) is 87.5 cm³/mol. The summed E-state index contributed by atoms with van der Waals surface area (Å²) in [5, 5.41) is 4.07. The van der Waals surface area contributed by atoms with Crippen molar-refractivity contribution in [2.75, 3.05) is 20.1 Å². The summed E-state index contributed by atoms with van der Waals surface area (Å²) in [4.78, 5) is 14.9. The molecule has 1 aliphatic heterocycles. The predicted octanol–water partition coefficient (Wildman–Crippen LogP) is 3.64. The average molecular weight is 309 g/mol. The molecule has 1 aromatic rings. The fraction of sp³-hybridized carbons (Fsp3) is 0.588. The summed E-state index contributed by atoms with van der Waals surface area (Å²) < 4.78 is 0. The second kappa shape index (κ2) is 6.80. The standard InChI is InChI=1S/C17H25ClN2O/c1-4-8-17(9-10-19-12-17)16(21)20(3)13(2)14-6-5-7-15(18)11-14/h5-7,11,13,19H,4,8-10,12H2,1-3H3. The van der Waals surface area contributed by atoms with Crippen LogP contribution in [0.25, 0.3) is 0 Å². The van der Waals surface area contributed by atoms with Crippen LogP contribution in [0.1, 0.15) is 44.7 Å². The first kappa shape index (κ1) is 16.3. The van der Waals surface area contributed by atoms with Gasteiger partial charge in [-0.2, -0.15) is 0 Å². The molecule has 2 unspecified atom stereocenters. The highest BCUT2D eigenvalue weighted by Gasteiger charge is 2.42. The van der Waals surface area contributed by atoms with Gasteiger partial charge in [0.25, 0.3) is 0 Å². The third kappa shape index (κ3) is 3.41. The Morgan fingerprint density at radius 1 is 1.52 bits per heavy atom. The number of hydrogen-bond donors (Lipinski definition) is 1. The Bertz CT molecular complexity index is 497. The van der Waals surface area contributed by atoms with Crippen molar-refractivity contribution in [1.82, 2.24) is 10.2 Å². The molecule has 1 aromatic carbocycles. The van der Waals surface area contributed by atoms with Crippen LogP contribution in [0.2, 0.25) is 5.02 Å². The molecule has 0 aromatic heterocycles. The van der Waals surface area contributed by atoms with Gasteiger partial charge in [0.1, 0.15) is 0 Å². The van der Waals surface area contributed by atoms with Gasteiger partial charge in [-0.1, -0.05) is 37.1 Å². The highest BCUT2D eigenvalue weighted by molar-refractivity contribution is 6.30. The van der Waals surface area contributed by atoms with Crippen molar-refractivity contribution in [1.29, 1.82) is 0 Å². The number of hydrogen-bond acceptors (Lipinski definition) is 2. The molecule has 4 heteroatoms. The number of nitrogens with one attached hydrogen (secondary N) is 1. The molecule has 1 fully saturated rings. The van der Waals surface area contributed by atoms with Gasteiger partial charge >= 0.3 is 0 Å². The van der Waals surface area contributed by atoms with Crippen LogP contribution < -0.4 is 5.32 Å². The zero-order valence-corrected chi connectivity index (χ0v) is 13.9. The van der Waals surface area contributed by atoms with Crippen LogP contribution in [0, 0.1) is 5.41 Å². The number of rotatable bonds is 5. The van der Waals surface area contributed by atoms with Gasteiger partial charge in [-0.3, -0.25) is 4.79 Å². The van der Waals surface area contributed by atoms with Crippen LogP contribution in [0.4, 0.5) is 0 Å². The monoisotopic (exact) mass is 308 g/mol. The van der Waals surface area contributed by atoms with Gasteiger partial charge in [0, 0.05) is 18.6 Å². The summed E-state index contributed by atoms with van der Waals surface area (Å²) in [5.41, 5.74) is 0.854. The molecule has 0 spiro atoms. The lowest BCUT2D eigenvalue weighted by Crippen LogP contribution is -2.44. The molecular formula is C17H25ClN2O. The zero-order chi connectivity index (χ0) is 15.5. The molecule has 1 amide bonds. The van der Waals surface area contributed by atoms with Crippen molar-refractivity contribution in [3.05, 3.63) is 34.9 Å². The lowest BCUT2D eigenvalue weighted by Gasteiger charge is -2.35. The molecule has 3 nitrogen and oxygen atoms in total. The summed E-state index contributed by atoms with van der Waals surface area (Å²) in [5.74, 6) is 0.252. The largest absolute Gasteiger partial charge is 0.338 e. The number of benzene rings is 1. The lowest BCUT2D eigenvalue weighted by molar-refractivity contribution is -0.142. The summed E-state index contributed by atoms with van der Waals surface area (Å²) in [6.45, 7) is 5.94. The quantitative estimate of drug-likeness (QED) is 0.900. The fourth-order valence-electron chi connectivity index (χ4n) is 3.27. The van der Waals surface area contributed by atoms with Gasteiger partial charge in [0.2, 0.25) is 5.91 Å². The molecule has 116 valence electrons. The summed E-state index contributed by atoms with van der Waals surface area (Å²) in [6.07, 6.45) is 2.92. The topological polar surface area (TPSA) is 32.3 Å². The average Bonchev–Trinajstić information content (AvgIpc) is 2.95. The maximum absolute atomic E-state index is 13.0. The van der Waals surface area contributed by atoms with Gasteiger partial charge in [-0.15, -0.1) is 0 Å². The summed E-state index contributed by atoms with van der Waals surface area (Å²) in [7, 11) is 1.91. The van der Waals surface area contributed by atoms with Gasteiger partial charge in [-0.25, -0.2) is 0 Å². The SMILES string of the molecule is CCCC1(C(=O)N(C)C(C)c2cccc(Cl)c2)CCNC1. The maximum Gasteiger partial charge on any atom is 0.230 e. The van der Waals surface area contributed by atoms with Crippen LogP contribution in [-0.2, 0) is 4.79 Å². The van der Waals surface area contributed by atoms with Crippen LogP contribution in [-0.4, -0.2) is 30.9 Å². The zero-order valence-electron chi connectivity index (χ0n) is 13.2. The molecule has 1 saturated heterocycles. The molecule has 2 rings (SSSR count). The first-order valence-corrected chi connectivity index (χ1v) is 8.11. The minimum Gasteiger partial charge on any atom is -0.338 e. The van der Waals surface area contributed by atoms with Crippen molar-refractivity contribution in [3.63, 3.8) is 0 Å². The van der Waals surface area contributed by atoms with E-state index >= 15 is 0 Å². The lowest BCUT2D eigenvalue weighted by atomic mass is 9.80. The second-order valence-electron chi connectivity index (χ2n) is 6.10. The Morgan fingerprint density at radius 3 is 2.86 bits per heavy atom. The fourth-order valence-corrected chi connectivity index (χ4v) is 3.46. The molecule has 0 aliphatic carbocycles. The van der Waals surface area contributed by atoms with Crippen molar-refractivity contribution in [3.8, 4) is 0 Å². The van der Waals surface area contributed by atoms with E-state index in [4.69, 9.17) is 11.6 Å². The summed E-state index contributed by atoms with van der Waals surface area (Å²) >= 11 is 6.06. The number of amides is 1. The molecule has 0 saturated carbocycles. The van der Waals surface area contributed by atoms with Gasteiger partial charge in [0.15, 0.2) is 0 Å². The Kier molecular flexibility index (Phi) is 5.28. The Morgan fingerprint density at radius 2 is 2.29 bits per heavy atom. The van der Waals surface area contributed by atoms with E-state index in [-0.39, 0.29) is 17.4 Å². The van der Waals surface area contributed by atoms with Crippen LogP contribution >= 0.6 is 11.6 Å². The molecular weight excluding hydrogens is 284 g/mol. The molecule has 1 heterocycles. The van der Waals surface area contributed by atoms with Gasteiger partial charge in [0.05, 0.1) is 11.5 Å². The minimum absolute atomic E-state index is 0.0329. The normalized spacial score (nSPS) is 23.0. The first-order valence-electron chi connectivity index (χ1n) is 7.73. The van der Waals surface area contributed by atoms with Crippen molar-refractivity contribution >= 4 is 17.5 Å². The number of halogens is 1.